The van der Waals surface area contributed by atoms with E-state index in [0.717, 1.165) is 35.5 Å². The summed E-state index contributed by atoms with van der Waals surface area (Å²) in [5.41, 5.74) is 2.38. The van der Waals surface area contributed by atoms with Gasteiger partial charge in [-0.1, -0.05) is 18.2 Å². The highest BCUT2D eigenvalue weighted by Crippen LogP contribution is 2.13. The summed E-state index contributed by atoms with van der Waals surface area (Å²) >= 11 is 0. The Kier molecular flexibility index (Phi) is 6.13. The van der Waals surface area contributed by atoms with Gasteiger partial charge in [0.1, 0.15) is 12.4 Å². The second kappa shape index (κ2) is 8.73. The zero-order valence-corrected chi connectivity index (χ0v) is 16.7. The lowest BCUT2D eigenvalue weighted by molar-refractivity contribution is -0.121. The number of anilines is 1. The first-order valence-electron chi connectivity index (χ1n) is 9.73. The van der Waals surface area contributed by atoms with Crippen LogP contribution in [0.4, 0.5) is 5.82 Å². The molecule has 0 aliphatic heterocycles. The van der Waals surface area contributed by atoms with Crippen molar-refractivity contribution in [3.05, 3.63) is 58.6 Å². The number of hydrogen-bond donors (Lipinski definition) is 1. The van der Waals surface area contributed by atoms with Crippen molar-refractivity contribution in [1.82, 2.24) is 19.4 Å². The molecule has 1 amide bonds. The molecule has 0 atom stereocenters. The molecule has 7 heteroatoms. The van der Waals surface area contributed by atoms with Crippen LogP contribution in [0.3, 0.4) is 0 Å². The van der Waals surface area contributed by atoms with Crippen LogP contribution in [0.5, 0.6) is 0 Å². The van der Waals surface area contributed by atoms with E-state index in [9.17, 15) is 9.59 Å². The molecule has 3 rings (SSSR count). The molecule has 1 N–H and O–H groups in total. The number of para-hydroxylation sites is 2. The predicted molar refractivity (Wildman–Crippen MR) is 112 cm³/mol. The maximum Gasteiger partial charge on any atom is 0.329 e. The molecule has 3 aromatic rings. The molecular weight excluding hydrogens is 354 g/mol. The maximum atomic E-state index is 12.6. The summed E-state index contributed by atoms with van der Waals surface area (Å²) in [7, 11) is 0. The lowest BCUT2D eigenvalue weighted by atomic mass is 10.2. The highest BCUT2D eigenvalue weighted by Gasteiger charge is 2.14. The van der Waals surface area contributed by atoms with Gasteiger partial charge in [-0.2, -0.15) is 0 Å². The van der Waals surface area contributed by atoms with Crippen LogP contribution in [-0.4, -0.2) is 33.1 Å². The Morgan fingerprint density at radius 3 is 2.29 bits per heavy atom. The summed E-state index contributed by atoms with van der Waals surface area (Å²) < 4.78 is 3.20. The molecular formula is C21H27N5O2. The first kappa shape index (κ1) is 19.7. The maximum absolute atomic E-state index is 12.6. The number of fused-ring (bicyclic) bond motifs is 1. The Morgan fingerprint density at radius 2 is 1.71 bits per heavy atom. The number of pyridine rings is 1. The van der Waals surface area contributed by atoms with Gasteiger partial charge in [0, 0.05) is 32.4 Å². The van der Waals surface area contributed by atoms with Gasteiger partial charge in [-0.3, -0.25) is 13.9 Å². The quantitative estimate of drug-likeness (QED) is 0.650. The number of amides is 1. The van der Waals surface area contributed by atoms with Gasteiger partial charge in [0.2, 0.25) is 5.91 Å². The SMILES string of the molecule is CCN(CC)c1ccc(CNC(=O)Cn2c(=O)n(CC)c3ccccc32)cn1. The molecule has 2 aromatic heterocycles. The third-order valence-electron chi connectivity index (χ3n) is 4.93. The molecule has 7 nitrogen and oxygen atoms in total. The number of aryl methyl sites for hydroxylation is 1. The first-order chi connectivity index (χ1) is 13.6. The van der Waals surface area contributed by atoms with Crippen molar-refractivity contribution in [3.8, 4) is 0 Å². The van der Waals surface area contributed by atoms with Crippen molar-refractivity contribution >= 4 is 22.8 Å². The molecule has 2 heterocycles. The molecule has 0 bridgehead atoms. The molecule has 0 unspecified atom stereocenters. The van der Waals surface area contributed by atoms with Crippen LogP contribution in [0.25, 0.3) is 11.0 Å². The largest absolute Gasteiger partial charge is 0.357 e. The summed E-state index contributed by atoms with van der Waals surface area (Å²) in [6.07, 6.45) is 1.78. The summed E-state index contributed by atoms with van der Waals surface area (Å²) in [6.45, 7) is 8.86. The zero-order chi connectivity index (χ0) is 20.1. The van der Waals surface area contributed by atoms with E-state index in [1.807, 2.05) is 43.3 Å². The van der Waals surface area contributed by atoms with E-state index in [4.69, 9.17) is 0 Å². The van der Waals surface area contributed by atoms with Crippen LogP contribution in [0.2, 0.25) is 0 Å². The second-order valence-corrected chi connectivity index (χ2v) is 6.58. The van der Waals surface area contributed by atoms with Crippen LogP contribution < -0.4 is 15.9 Å². The van der Waals surface area contributed by atoms with Crippen LogP contribution in [0.15, 0.2) is 47.4 Å². The van der Waals surface area contributed by atoms with E-state index in [0.29, 0.717) is 13.1 Å². The average Bonchev–Trinajstić information content (AvgIpc) is 2.99. The Morgan fingerprint density at radius 1 is 1.04 bits per heavy atom. The van der Waals surface area contributed by atoms with E-state index < -0.39 is 0 Å². The number of carbonyl (C=O) groups excluding carboxylic acids is 1. The van der Waals surface area contributed by atoms with Crippen molar-refractivity contribution in [1.29, 1.82) is 0 Å². The third-order valence-corrected chi connectivity index (χ3v) is 4.93. The molecule has 28 heavy (non-hydrogen) atoms. The minimum atomic E-state index is -0.200. The lowest BCUT2D eigenvalue weighted by Gasteiger charge is -2.19. The number of hydrogen-bond acceptors (Lipinski definition) is 4. The van der Waals surface area contributed by atoms with E-state index in [1.165, 1.54) is 4.57 Å². The number of aromatic nitrogens is 3. The smallest absolute Gasteiger partial charge is 0.329 e. The van der Waals surface area contributed by atoms with Gasteiger partial charge in [0.05, 0.1) is 11.0 Å². The topological polar surface area (TPSA) is 72.2 Å². The van der Waals surface area contributed by atoms with Crippen molar-refractivity contribution in [2.45, 2.75) is 40.4 Å². The Balaban J connectivity index is 1.68. The van der Waals surface area contributed by atoms with E-state index in [-0.39, 0.29) is 18.1 Å². The van der Waals surface area contributed by atoms with E-state index in [2.05, 4.69) is 29.0 Å². The minimum Gasteiger partial charge on any atom is -0.357 e. The molecule has 0 fully saturated rings. The molecule has 0 saturated heterocycles. The minimum absolute atomic E-state index is 0.00267. The Labute approximate surface area is 164 Å². The number of benzene rings is 1. The number of rotatable bonds is 8. The normalized spacial score (nSPS) is 11.0. The van der Waals surface area contributed by atoms with Gasteiger partial charge in [-0.15, -0.1) is 0 Å². The number of carbonyl (C=O) groups is 1. The molecule has 0 aliphatic rings. The van der Waals surface area contributed by atoms with Gasteiger partial charge in [-0.05, 0) is 44.5 Å². The number of imidazole rings is 1. The molecule has 0 spiro atoms. The third kappa shape index (κ3) is 3.93. The Bertz CT molecular complexity index is 1000. The molecule has 1 aromatic carbocycles. The highest BCUT2D eigenvalue weighted by molar-refractivity contribution is 5.80. The van der Waals surface area contributed by atoms with Crippen LogP contribution >= 0.6 is 0 Å². The van der Waals surface area contributed by atoms with Gasteiger partial charge >= 0.3 is 5.69 Å². The van der Waals surface area contributed by atoms with Gasteiger partial charge < -0.3 is 10.2 Å². The molecule has 0 radical (unpaired) electrons. The molecule has 148 valence electrons. The summed E-state index contributed by atoms with van der Waals surface area (Å²) in [5.74, 6) is 0.730. The van der Waals surface area contributed by atoms with Crippen molar-refractivity contribution in [2.24, 2.45) is 0 Å². The summed E-state index contributed by atoms with van der Waals surface area (Å²) in [4.78, 5) is 31.7. The monoisotopic (exact) mass is 381 g/mol. The molecule has 0 aliphatic carbocycles. The average molecular weight is 381 g/mol. The van der Waals surface area contributed by atoms with Gasteiger partial charge in [0.15, 0.2) is 0 Å². The van der Waals surface area contributed by atoms with Crippen molar-refractivity contribution < 1.29 is 4.79 Å². The lowest BCUT2D eigenvalue weighted by Crippen LogP contribution is -2.32. The predicted octanol–water partition coefficient (Wildman–Crippen LogP) is 2.38. The van der Waals surface area contributed by atoms with Crippen LogP contribution in [0, 0.1) is 0 Å². The zero-order valence-electron chi connectivity index (χ0n) is 16.7. The highest BCUT2D eigenvalue weighted by atomic mass is 16.2. The van der Waals surface area contributed by atoms with Crippen LogP contribution in [0.1, 0.15) is 26.3 Å². The first-order valence-corrected chi connectivity index (χ1v) is 9.73. The molecule has 0 saturated carbocycles. The Hall–Kier alpha value is -3.09. The van der Waals surface area contributed by atoms with Crippen LogP contribution in [-0.2, 0) is 24.4 Å². The fourth-order valence-corrected chi connectivity index (χ4v) is 3.39. The van der Waals surface area contributed by atoms with E-state index >= 15 is 0 Å². The second-order valence-electron chi connectivity index (χ2n) is 6.58. The fraction of sp³-hybridized carbons (Fsp3) is 0.381. The van der Waals surface area contributed by atoms with Gasteiger partial charge in [0.25, 0.3) is 0 Å². The number of nitrogens with zero attached hydrogens (tertiary/aromatic N) is 4. The van der Waals surface area contributed by atoms with Crippen molar-refractivity contribution in [2.75, 3.05) is 18.0 Å². The van der Waals surface area contributed by atoms with Gasteiger partial charge in [-0.25, -0.2) is 9.78 Å². The van der Waals surface area contributed by atoms with E-state index in [1.54, 1.807) is 10.8 Å². The summed E-state index contributed by atoms with van der Waals surface area (Å²) in [5, 5.41) is 2.88. The van der Waals surface area contributed by atoms with Crippen molar-refractivity contribution in [3.63, 3.8) is 0 Å². The summed E-state index contributed by atoms with van der Waals surface area (Å²) in [6, 6.07) is 11.5. The fourth-order valence-electron chi connectivity index (χ4n) is 3.39. The number of nitrogens with one attached hydrogen (secondary N) is 1. The standard InChI is InChI=1S/C21H27N5O2/c1-4-24(5-2)19-12-11-16(13-22-19)14-23-20(27)15-26-18-10-8-7-9-17(18)25(6-3)21(26)28/h7-13H,4-6,14-15H2,1-3H3,(H,23,27).